The number of ether oxygens (including phenoxy) is 1. The predicted molar refractivity (Wildman–Crippen MR) is 104 cm³/mol. The number of carbonyl (C=O) groups excluding carboxylic acids is 1. The number of benzene rings is 2. The number of carbonyl (C=O) groups is 1. The van der Waals surface area contributed by atoms with Crippen LogP contribution in [0.1, 0.15) is 21.6 Å². The minimum Gasteiger partial charge on any atom is -0.497 e. The third-order valence-electron chi connectivity index (χ3n) is 4.00. The maximum Gasteiger partial charge on any atom is 0.274 e. The monoisotopic (exact) mass is 347 g/mol. The second kappa shape index (κ2) is 7.70. The van der Waals surface area contributed by atoms with Crippen LogP contribution in [0.2, 0.25) is 0 Å². The fourth-order valence-corrected chi connectivity index (χ4v) is 2.58. The van der Waals surface area contributed by atoms with E-state index >= 15 is 0 Å². The molecule has 0 aliphatic carbocycles. The molecule has 0 fully saturated rings. The summed E-state index contributed by atoms with van der Waals surface area (Å²) in [5, 5.41) is 6.14. The number of rotatable bonds is 5. The molecule has 0 unspecified atom stereocenters. The van der Waals surface area contributed by atoms with Crippen molar-refractivity contribution in [2.75, 3.05) is 17.7 Å². The van der Waals surface area contributed by atoms with E-state index < -0.39 is 0 Å². The van der Waals surface area contributed by atoms with Gasteiger partial charge in [-0.1, -0.05) is 17.7 Å². The Bertz CT molecular complexity index is 904. The second-order valence-electron chi connectivity index (χ2n) is 6.06. The van der Waals surface area contributed by atoms with Crippen LogP contribution < -0.4 is 15.4 Å². The Morgan fingerprint density at radius 2 is 1.69 bits per heavy atom. The summed E-state index contributed by atoms with van der Waals surface area (Å²) in [5.74, 6) is 0.483. The lowest BCUT2D eigenvalue weighted by atomic mass is 10.1. The van der Waals surface area contributed by atoms with E-state index in [1.165, 1.54) is 5.56 Å². The summed E-state index contributed by atoms with van der Waals surface area (Å²) < 4.78 is 5.10. The summed E-state index contributed by atoms with van der Waals surface area (Å²) in [6.45, 7) is 4.12. The Kier molecular flexibility index (Phi) is 5.17. The summed E-state index contributed by atoms with van der Waals surface area (Å²) in [5.41, 5.74) is 5.27. The lowest BCUT2D eigenvalue weighted by molar-refractivity contribution is 0.102. The van der Waals surface area contributed by atoms with Gasteiger partial charge in [-0.3, -0.25) is 4.79 Å². The zero-order chi connectivity index (χ0) is 18.5. The standard InChI is InChI=1S/C21H21N3O2/c1-14-4-10-19(15(2)12-14)23-17-7-11-20(22-13-17)21(25)24-16-5-8-18(26-3)9-6-16/h4-13,23H,1-3H3,(H,24,25). The molecular weight excluding hydrogens is 326 g/mol. The van der Waals surface area contributed by atoms with Crippen LogP contribution in [0, 0.1) is 13.8 Å². The first kappa shape index (κ1) is 17.5. The van der Waals surface area contributed by atoms with Gasteiger partial charge in [0.05, 0.1) is 19.0 Å². The van der Waals surface area contributed by atoms with Crippen molar-refractivity contribution in [2.24, 2.45) is 0 Å². The number of amides is 1. The zero-order valence-corrected chi connectivity index (χ0v) is 15.0. The maximum absolute atomic E-state index is 12.3. The van der Waals surface area contributed by atoms with Gasteiger partial charge in [0, 0.05) is 11.4 Å². The fraction of sp³-hybridized carbons (Fsp3) is 0.143. The van der Waals surface area contributed by atoms with Crippen molar-refractivity contribution >= 4 is 23.0 Å². The van der Waals surface area contributed by atoms with Gasteiger partial charge >= 0.3 is 0 Å². The molecule has 1 aromatic heterocycles. The van der Waals surface area contributed by atoms with Gasteiger partial charge in [-0.05, 0) is 61.9 Å². The van der Waals surface area contributed by atoms with Crippen LogP contribution in [0.4, 0.5) is 17.1 Å². The molecule has 132 valence electrons. The molecule has 0 saturated carbocycles. The quantitative estimate of drug-likeness (QED) is 0.702. The molecule has 1 amide bonds. The van der Waals surface area contributed by atoms with Gasteiger partial charge in [-0.15, -0.1) is 0 Å². The number of methoxy groups -OCH3 is 1. The molecule has 26 heavy (non-hydrogen) atoms. The van der Waals surface area contributed by atoms with E-state index in [1.54, 1.807) is 43.6 Å². The average molecular weight is 347 g/mol. The van der Waals surface area contributed by atoms with E-state index in [1.807, 2.05) is 12.1 Å². The highest BCUT2D eigenvalue weighted by Crippen LogP contribution is 2.21. The maximum atomic E-state index is 12.3. The normalized spacial score (nSPS) is 10.3. The molecule has 3 rings (SSSR count). The number of aromatic nitrogens is 1. The molecule has 0 spiro atoms. The van der Waals surface area contributed by atoms with Crippen molar-refractivity contribution in [1.29, 1.82) is 0 Å². The zero-order valence-electron chi connectivity index (χ0n) is 15.0. The summed E-state index contributed by atoms with van der Waals surface area (Å²) in [6, 6.07) is 16.9. The number of aryl methyl sites for hydroxylation is 2. The van der Waals surface area contributed by atoms with Gasteiger partial charge in [-0.25, -0.2) is 4.98 Å². The Morgan fingerprint density at radius 3 is 2.31 bits per heavy atom. The Labute approximate surface area is 153 Å². The van der Waals surface area contributed by atoms with E-state index in [0.29, 0.717) is 11.4 Å². The molecule has 5 heteroatoms. The molecule has 0 bridgehead atoms. The van der Waals surface area contributed by atoms with Gasteiger partial charge in [0.1, 0.15) is 11.4 Å². The first-order valence-corrected chi connectivity index (χ1v) is 8.31. The predicted octanol–water partition coefficient (Wildman–Crippen LogP) is 4.70. The van der Waals surface area contributed by atoms with Crippen LogP contribution in [0.25, 0.3) is 0 Å². The molecule has 0 radical (unpaired) electrons. The van der Waals surface area contributed by atoms with Crippen molar-refractivity contribution in [3.8, 4) is 5.75 Å². The van der Waals surface area contributed by atoms with E-state index in [9.17, 15) is 4.79 Å². The molecule has 2 N–H and O–H groups in total. The van der Waals surface area contributed by atoms with Crippen LogP contribution in [0.15, 0.2) is 60.8 Å². The Balaban J connectivity index is 1.67. The minimum atomic E-state index is -0.256. The third kappa shape index (κ3) is 4.19. The highest BCUT2D eigenvalue weighted by Gasteiger charge is 2.08. The first-order chi connectivity index (χ1) is 12.5. The highest BCUT2D eigenvalue weighted by atomic mass is 16.5. The van der Waals surface area contributed by atoms with E-state index in [2.05, 4.69) is 41.6 Å². The van der Waals surface area contributed by atoms with Crippen molar-refractivity contribution in [1.82, 2.24) is 4.98 Å². The number of hydrogen-bond donors (Lipinski definition) is 2. The number of pyridine rings is 1. The molecule has 2 aromatic carbocycles. The summed E-state index contributed by atoms with van der Waals surface area (Å²) in [7, 11) is 1.60. The van der Waals surface area contributed by atoms with Crippen molar-refractivity contribution in [3.05, 3.63) is 77.6 Å². The van der Waals surface area contributed by atoms with Crippen LogP contribution in [0.3, 0.4) is 0 Å². The molecule has 0 aliphatic heterocycles. The molecule has 0 atom stereocenters. The Hall–Kier alpha value is -3.34. The molecule has 0 saturated heterocycles. The summed E-state index contributed by atoms with van der Waals surface area (Å²) in [4.78, 5) is 16.6. The van der Waals surface area contributed by atoms with Gasteiger partial charge in [0.15, 0.2) is 0 Å². The van der Waals surface area contributed by atoms with Crippen LogP contribution in [-0.4, -0.2) is 18.0 Å². The van der Waals surface area contributed by atoms with Crippen LogP contribution in [-0.2, 0) is 0 Å². The van der Waals surface area contributed by atoms with E-state index in [-0.39, 0.29) is 5.91 Å². The van der Waals surface area contributed by atoms with Gasteiger partial charge in [0.2, 0.25) is 0 Å². The average Bonchev–Trinajstić information content (AvgIpc) is 2.65. The first-order valence-electron chi connectivity index (χ1n) is 8.31. The second-order valence-corrected chi connectivity index (χ2v) is 6.06. The lowest BCUT2D eigenvalue weighted by Gasteiger charge is -2.11. The number of anilines is 3. The third-order valence-corrected chi connectivity index (χ3v) is 4.00. The topological polar surface area (TPSA) is 63.2 Å². The van der Waals surface area contributed by atoms with Crippen molar-refractivity contribution in [2.45, 2.75) is 13.8 Å². The van der Waals surface area contributed by atoms with Gasteiger partial charge in [0.25, 0.3) is 5.91 Å². The fourth-order valence-electron chi connectivity index (χ4n) is 2.58. The highest BCUT2D eigenvalue weighted by molar-refractivity contribution is 6.03. The molecule has 1 heterocycles. The van der Waals surface area contributed by atoms with E-state index in [0.717, 1.165) is 22.7 Å². The van der Waals surface area contributed by atoms with Crippen LogP contribution in [0.5, 0.6) is 5.75 Å². The smallest absolute Gasteiger partial charge is 0.274 e. The summed E-state index contributed by atoms with van der Waals surface area (Å²) in [6.07, 6.45) is 1.65. The lowest BCUT2D eigenvalue weighted by Crippen LogP contribution is -2.13. The van der Waals surface area contributed by atoms with E-state index in [4.69, 9.17) is 4.74 Å². The molecule has 5 nitrogen and oxygen atoms in total. The molecule has 0 aliphatic rings. The molecule has 3 aromatic rings. The molecular formula is C21H21N3O2. The van der Waals surface area contributed by atoms with Crippen molar-refractivity contribution in [3.63, 3.8) is 0 Å². The van der Waals surface area contributed by atoms with Gasteiger partial charge < -0.3 is 15.4 Å². The minimum absolute atomic E-state index is 0.256. The number of hydrogen-bond acceptors (Lipinski definition) is 4. The van der Waals surface area contributed by atoms with Crippen LogP contribution >= 0.6 is 0 Å². The SMILES string of the molecule is COc1ccc(NC(=O)c2ccc(Nc3ccc(C)cc3C)cn2)cc1. The summed E-state index contributed by atoms with van der Waals surface area (Å²) >= 11 is 0. The van der Waals surface area contributed by atoms with Gasteiger partial charge in [-0.2, -0.15) is 0 Å². The largest absolute Gasteiger partial charge is 0.497 e. The Morgan fingerprint density at radius 1 is 0.962 bits per heavy atom. The number of nitrogens with zero attached hydrogens (tertiary/aromatic N) is 1. The number of nitrogens with one attached hydrogen (secondary N) is 2. The van der Waals surface area contributed by atoms with Crippen molar-refractivity contribution < 1.29 is 9.53 Å².